The topological polar surface area (TPSA) is 72.8 Å². The molecule has 1 N–H and O–H groups in total. The lowest BCUT2D eigenvalue weighted by atomic mass is 9.86. The summed E-state index contributed by atoms with van der Waals surface area (Å²) >= 11 is 0. The number of fused-ring (bicyclic) bond motifs is 1. The maximum absolute atomic E-state index is 12.0. The highest BCUT2D eigenvalue weighted by atomic mass is 16.6. The molecule has 4 unspecified atom stereocenters. The first-order chi connectivity index (χ1) is 11.2. The monoisotopic (exact) mass is 334 g/mol. The lowest BCUT2D eigenvalue weighted by Gasteiger charge is -2.25. The van der Waals surface area contributed by atoms with Crippen molar-refractivity contribution in [1.82, 2.24) is 0 Å². The predicted molar refractivity (Wildman–Crippen MR) is 90.0 cm³/mol. The number of esters is 2. The average molecular weight is 334 g/mol. The van der Waals surface area contributed by atoms with Gasteiger partial charge in [-0.25, -0.2) is 4.79 Å². The molecule has 0 aromatic heterocycles. The summed E-state index contributed by atoms with van der Waals surface area (Å²) in [6.45, 7) is 11.1. The Balaban J connectivity index is 2.34. The summed E-state index contributed by atoms with van der Waals surface area (Å²) in [6, 6.07) is 0. The van der Waals surface area contributed by atoms with Gasteiger partial charge in [-0.15, -0.1) is 0 Å². The Morgan fingerprint density at radius 2 is 2.04 bits per heavy atom. The summed E-state index contributed by atoms with van der Waals surface area (Å²) in [5.74, 6) is -1.20. The molecule has 0 aromatic carbocycles. The standard InChI is InChI=1S/C19H26O5/c1-10(2)18(21)23-16-7-6-11(3)15(20)9-14-13(5)19(22)24-17(14)8-12(16)4/h6,8,10,14-17,20H,5,7,9H2,1-4H3. The molecular formula is C19H26O5. The van der Waals surface area contributed by atoms with Crippen LogP contribution < -0.4 is 0 Å². The number of carbonyl (C=O) groups is 2. The fraction of sp³-hybridized carbons (Fsp3) is 0.579. The van der Waals surface area contributed by atoms with Crippen molar-refractivity contribution in [2.24, 2.45) is 11.8 Å². The second-order valence-electron chi connectivity index (χ2n) is 6.93. The Morgan fingerprint density at radius 1 is 1.38 bits per heavy atom. The molecule has 4 atom stereocenters. The molecule has 0 saturated carbocycles. The van der Waals surface area contributed by atoms with Crippen LogP contribution in [0.4, 0.5) is 0 Å². The van der Waals surface area contributed by atoms with Gasteiger partial charge in [0.1, 0.15) is 12.2 Å². The van der Waals surface area contributed by atoms with Gasteiger partial charge in [0.15, 0.2) is 0 Å². The second-order valence-corrected chi connectivity index (χ2v) is 6.93. The van der Waals surface area contributed by atoms with E-state index < -0.39 is 24.3 Å². The molecule has 1 saturated heterocycles. The van der Waals surface area contributed by atoms with Gasteiger partial charge in [0.2, 0.25) is 0 Å². The van der Waals surface area contributed by atoms with Crippen LogP contribution in [-0.4, -0.2) is 35.4 Å². The van der Waals surface area contributed by atoms with E-state index in [1.54, 1.807) is 13.8 Å². The van der Waals surface area contributed by atoms with Crippen molar-refractivity contribution in [3.8, 4) is 0 Å². The van der Waals surface area contributed by atoms with E-state index in [0.717, 1.165) is 11.1 Å². The summed E-state index contributed by atoms with van der Waals surface area (Å²) in [5, 5.41) is 10.4. The molecule has 1 heterocycles. The SMILES string of the molecule is C=C1C(=O)OC2C=C(C)C(OC(=O)C(C)C)CC=C(C)C(O)CC12. The van der Waals surface area contributed by atoms with E-state index in [-0.39, 0.29) is 17.8 Å². The summed E-state index contributed by atoms with van der Waals surface area (Å²) in [6.07, 6.45) is 2.98. The molecule has 0 aromatic rings. The number of hydrogen-bond donors (Lipinski definition) is 1. The van der Waals surface area contributed by atoms with Crippen molar-refractivity contribution in [3.63, 3.8) is 0 Å². The molecule has 0 radical (unpaired) electrons. The number of aliphatic hydroxyl groups excluding tert-OH is 1. The van der Waals surface area contributed by atoms with Crippen LogP contribution >= 0.6 is 0 Å². The lowest BCUT2D eigenvalue weighted by Crippen LogP contribution is -2.27. The van der Waals surface area contributed by atoms with Crippen molar-refractivity contribution < 1.29 is 24.2 Å². The summed E-state index contributed by atoms with van der Waals surface area (Å²) < 4.78 is 11.0. The molecule has 24 heavy (non-hydrogen) atoms. The number of ether oxygens (including phenoxy) is 2. The highest BCUT2D eigenvalue weighted by Gasteiger charge is 2.39. The van der Waals surface area contributed by atoms with Crippen LogP contribution in [-0.2, 0) is 19.1 Å². The Morgan fingerprint density at radius 3 is 2.67 bits per heavy atom. The Labute approximate surface area is 143 Å². The zero-order valence-electron chi connectivity index (χ0n) is 14.7. The molecule has 2 aliphatic rings. The van der Waals surface area contributed by atoms with Gasteiger partial charge in [-0.3, -0.25) is 4.79 Å². The van der Waals surface area contributed by atoms with E-state index in [1.807, 2.05) is 26.0 Å². The highest BCUT2D eigenvalue weighted by Crippen LogP contribution is 2.34. The summed E-state index contributed by atoms with van der Waals surface area (Å²) in [4.78, 5) is 23.8. The van der Waals surface area contributed by atoms with E-state index >= 15 is 0 Å². The van der Waals surface area contributed by atoms with Gasteiger partial charge in [-0.1, -0.05) is 26.5 Å². The van der Waals surface area contributed by atoms with Crippen molar-refractivity contribution >= 4 is 11.9 Å². The van der Waals surface area contributed by atoms with Gasteiger partial charge in [0.25, 0.3) is 0 Å². The van der Waals surface area contributed by atoms with E-state index in [9.17, 15) is 14.7 Å². The van der Waals surface area contributed by atoms with Crippen LogP contribution in [0.15, 0.2) is 35.5 Å². The zero-order valence-corrected chi connectivity index (χ0v) is 14.7. The summed E-state index contributed by atoms with van der Waals surface area (Å²) in [7, 11) is 0. The van der Waals surface area contributed by atoms with E-state index in [0.29, 0.717) is 18.4 Å². The first-order valence-electron chi connectivity index (χ1n) is 8.34. The van der Waals surface area contributed by atoms with Gasteiger partial charge in [-0.2, -0.15) is 0 Å². The van der Waals surface area contributed by atoms with Crippen LogP contribution in [0.2, 0.25) is 0 Å². The van der Waals surface area contributed by atoms with Crippen molar-refractivity contribution in [2.75, 3.05) is 0 Å². The van der Waals surface area contributed by atoms with E-state index in [4.69, 9.17) is 9.47 Å². The Bertz CT molecular complexity index is 599. The molecule has 5 nitrogen and oxygen atoms in total. The van der Waals surface area contributed by atoms with Gasteiger partial charge >= 0.3 is 11.9 Å². The average Bonchev–Trinajstić information content (AvgIpc) is 2.77. The minimum absolute atomic E-state index is 0.222. The third-order valence-electron chi connectivity index (χ3n) is 4.67. The molecule has 1 aliphatic carbocycles. The molecular weight excluding hydrogens is 308 g/mol. The largest absolute Gasteiger partial charge is 0.457 e. The van der Waals surface area contributed by atoms with Gasteiger partial charge in [0.05, 0.1) is 12.0 Å². The smallest absolute Gasteiger partial charge is 0.334 e. The third kappa shape index (κ3) is 3.96. The minimum atomic E-state index is -0.683. The van der Waals surface area contributed by atoms with Gasteiger partial charge in [0, 0.05) is 17.9 Å². The fourth-order valence-electron chi connectivity index (χ4n) is 2.88. The van der Waals surface area contributed by atoms with Crippen molar-refractivity contribution in [2.45, 2.75) is 58.8 Å². The Kier molecular flexibility index (Phi) is 5.65. The van der Waals surface area contributed by atoms with Crippen LogP contribution in [0.25, 0.3) is 0 Å². The molecule has 0 spiro atoms. The van der Waals surface area contributed by atoms with Crippen LogP contribution in [0.3, 0.4) is 0 Å². The van der Waals surface area contributed by atoms with Gasteiger partial charge < -0.3 is 14.6 Å². The van der Waals surface area contributed by atoms with Crippen molar-refractivity contribution in [3.05, 3.63) is 35.5 Å². The zero-order chi connectivity index (χ0) is 18.0. The Hall–Kier alpha value is -1.88. The molecule has 0 bridgehead atoms. The number of carbonyl (C=O) groups excluding carboxylic acids is 2. The van der Waals surface area contributed by atoms with Crippen LogP contribution in [0, 0.1) is 11.8 Å². The van der Waals surface area contributed by atoms with Crippen LogP contribution in [0.1, 0.15) is 40.5 Å². The molecule has 5 heteroatoms. The second kappa shape index (κ2) is 7.34. The predicted octanol–water partition coefficient (Wildman–Crippen LogP) is 2.70. The number of aliphatic hydroxyl groups is 1. The van der Waals surface area contributed by atoms with Gasteiger partial charge in [-0.05, 0) is 37.5 Å². The first-order valence-corrected chi connectivity index (χ1v) is 8.34. The molecule has 132 valence electrons. The molecule has 1 fully saturated rings. The minimum Gasteiger partial charge on any atom is -0.457 e. The third-order valence-corrected chi connectivity index (χ3v) is 4.67. The normalized spacial score (nSPS) is 31.1. The molecule has 0 amide bonds. The van der Waals surface area contributed by atoms with E-state index in [2.05, 4.69) is 6.58 Å². The maximum Gasteiger partial charge on any atom is 0.334 e. The molecule has 1 aliphatic heterocycles. The maximum atomic E-state index is 12.0. The number of rotatable bonds is 2. The summed E-state index contributed by atoms with van der Waals surface area (Å²) in [5.41, 5.74) is 2.01. The number of hydrogen-bond acceptors (Lipinski definition) is 5. The van der Waals surface area contributed by atoms with Crippen LogP contribution in [0.5, 0.6) is 0 Å². The fourth-order valence-corrected chi connectivity index (χ4v) is 2.88. The quantitative estimate of drug-likeness (QED) is 0.477. The molecule has 2 rings (SSSR count). The van der Waals surface area contributed by atoms with Crippen molar-refractivity contribution in [1.29, 1.82) is 0 Å². The van der Waals surface area contributed by atoms with E-state index in [1.165, 1.54) is 0 Å². The lowest BCUT2D eigenvalue weighted by molar-refractivity contribution is -0.151. The first kappa shape index (κ1) is 18.5. The highest BCUT2D eigenvalue weighted by molar-refractivity contribution is 5.91.